The molecule has 0 spiro atoms. The van der Waals surface area contributed by atoms with Crippen molar-refractivity contribution in [3.63, 3.8) is 0 Å². The first-order chi connectivity index (χ1) is 9.40. The lowest BCUT2D eigenvalue weighted by Gasteiger charge is -2.20. The molecule has 1 aromatic heterocycles. The lowest BCUT2D eigenvalue weighted by molar-refractivity contribution is 0.389. The fourth-order valence-corrected chi connectivity index (χ4v) is 2.54. The molecular weight excluding hydrogens is 255 g/mol. The highest BCUT2D eigenvalue weighted by molar-refractivity contribution is 5.28. The fourth-order valence-electron chi connectivity index (χ4n) is 2.54. The zero-order chi connectivity index (χ0) is 14.9. The Morgan fingerprint density at radius 3 is 2.40 bits per heavy atom. The fraction of sp³-hybridized carbons (Fsp3) is 0.438. The second kappa shape index (κ2) is 5.75. The second-order valence-electron chi connectivity index (χ2n) is 5.36. The highest BCUT2D eigenvalue weighted by atomic mass is 19.1. The Kier molecular flexibility index (Phi) is 4.23. The second-order valence-corrected chi connectivity index (χ2v) is 5.36. The van der Waals surface area contributed by atoms with E-state index in [0.717, 1.165) is 22.6 Å². The lowest BCUT2D eigenvalue weighted by Crippen LogP contribution is -2.23. The van der Waals surface area contributed by atoms with E-state index in [1.54, 1.807) is 13.0 Å². The van der Waals surface area contributed by atoms with Crippen LogP contribution in [0.15, 0.2) is 22.7 Å². The third-order valence-corrected chi connectivity index (χ3v) is 3.72. The Morgan fingerprint density at radius 1 is 1.15 bits per heavy atom. The van der Waals surface area contributed by atoms with Crippen molar-refractivity contribution in [2.75, 3.05) is 0 Å². The standard InChI is InChI=1S/C16H21FN2O/c1-9-6-7-14(8-15(9)17)10(2)18-11(3)16-12(4)19-20-13(16)5/h6-8,10-11,18H,1-5H3. The summed E-state index contributed by atoms with van der Waals surface area (Å²) >= 11 is 0. The average Bonchev–Trinajstić information content (AvgIpc) is 2.72. The first-order valence-electron chi connectivity index (χ1n) is 6.85. The van der Waals surface area contributed by atoms with Crippen molar-refractivity contribution in [1.82, 2.24) is 10.5 Å². The van der Waals surface area contributed by atoms with Gasteiger partial charge in [-0.25, -0.2) is 4.39 Å². The van der Waals surface area contributed by atoms with Crippen molar-refractivity contribution in [2.45, 2.75) is 46.7 Å². The molecule has 0 bridgehead atoms. The third kappa shape index (κ3) is 2.90. The van der Waals surface area contributed by atoms with Gasteiger partial charge in [-0.1, -0.05) is 17.3 Å². The van der Waals surface area contributed by atoms with Crippen LogP contribution in [0.5, 0.6) is 0 Å². The van der Waals surface area contributed by atoms with Crippen molar-refractivity contribution in [2.24, 2.45) is 0 Å². The van der Waals surface area contributed by atoms with Crippen LogP contribution in [-0.4, -0.2) is 5.16 Å². The number of nitrogens with zero attached hydrogens (tertiary/aromatic N) is 1. The molecule has 0 aliphatic heterocycles. The predicted molar refractivity (Wildman–Crippen MR) is 77.1 cm³/mol. The van der Waals surface area contributed by atoms with Gasteiger partial charge in [0.1, 0.15) is 11.6 Å². The van der Waals surface area contributed by atoms with Gasteiger partial charge in [0.25, 0.3) is 0 Å². The zero-order valence-corrected chi connectivity index (χ0v) is 12.6. The average molecular weight is 276 g/mol. The highest BCUT2D eigenvalue weighted by Crippen LogP contribution is 2.25. The summed E-state index contributed by atoms with van der Waals surface area (Å²) in [4.78, 5) is 0. The largest absolute Gasteiger partial charge is 0.361 e. The molecule has 0 amide bonds. The topological polar surface area (TPSA) is 38.1 Å². The molecule has 2 rings (SSSR count). The molecule has 0 saturated heterocycles. The summed E-state index contributed by atoms with van der Waals surface area (Å²) in [6.45, 7) is 9.69. The zero-order valence-electron chi connectivity index (χ0n) is 12.6. The molecule has 0 saturated carbocycles. The van der Waals surface area contributed by atoms with Gasteiger partial charge in [-0.2, -0.15) is 0 Å². The number of hydrogen-bond acceptors (Lipinski definition) is 3. The molecule has 0 aliphatic carbocycles. The first-order valence-corrected chi connectivity index (χ1v) is 6.85. The summed E-state index contributed by atoms with van der Waals surface area (Å²) in [5.74, 6) is 0.658. The summed E-state index contributed by atoms with van der Waals surface area (Å²) in [7, 11) is 0. The number of nitrogens with one attached hydrogen (secondary N) is 1. The summed E-state index contributed by atoms with van der Waals surface area (Å²) in [5, 5.41) is 7.43. The van der Waals surface area contributed by atoms with E-state index in [4.69, 9.17) is 4.52 Å². The minimum atomic E-state index is -0.166. The SMILES string of the molecule is Cc1ccc(C(C)NC(C)c2c(C)noc2C)cc1F. The van der Waals surface area contributed by atoms with Gasteiger partial charge in [0, 0.05) is 17.6 Å². The summed E-state index contributed by atoms with van der Waals surface area (Å²) in [6.07, 6.45) is 0. The monoisotopic (exact) mass is 276 g/mol. The van der Waals surface area contributed by atoms with Gasteiger partial charge < -0.3 is 9.84 Å². The van der Waals surface area contributed by atoms with E-state index < -0.39 is 0 Å². The van der Waals surface area contributed by atoms with Crippen LogP contribution in [0.2, 0.25) is 0 Å². The smallest absolute Gasteiger partial charge is 0.138 e. The number of hydrogen-bond donors (Lipinski definition) is 1. The molecule has 1 aromatic carbocycles. The predicted octanol–water partition coefficient (Wildman–Crippen LogP) is 4.15. The minimum Gasteiger partial charge on any atom is -0.361 e. The van der Waals surface area contributed by atoms with Gasteiger partial charge in [0.15, 0.2) is 0 Å². The van der Waals surface area contributed by atoms with Crippen LogP contribution in [0.4, 0.5) is 4.39 Å². The maximum absolute atomic E-state index is 13.6. The number of rotatable bonds is 4. The Morgan fingerprint density at radius 2 is 1.85 bits per heavy atom. The van der Waals surface area contributed by atoms with E-state index in [1.807, 2.05) is 32.9 Å². The number of aryl methyl sites for hydroxylation is 3. The molecular formula is C16H21FN2O. The van der Waals surface area contributed by atoms with Crippen LogP contribution in [-0.2, 0) is 0 Å². The van der Waals surface area contributed by atoms with Crippen LogP contribution in [0.3, 0.4) is 0 Å². The Labute approximate surface area is 119 Å². The van der Waals surface area contributed by atoms with Gasteiger partial charge in [-0.3, -0.25) is 0 Å². The van der Waals surface area contributed by atoms with Crippen molar-refractivity contribution >= 4 is 0 Å². The molecule has 4 heteroatoms. The van der Waals surface area contributed by atoms with Gasteiger partial charge in [0.05, 0.1) is 5.69 Å². The van der Waals surface area contributed by atoms with Crippen LogP contribution in [0, 0.1) is 26.6 Å². The summed E-state index contributed by atoms with van der Waals surface area (Å²) < 4.78 is 18.8. The molecule has 20 heavy (non-hydrogen) atoms. The molecule has 2 atom stereocenters. The van der Waals surface area contributed by atoms with E-state index in [9.17, 15) is 4.39 Å². The van der Waals surface area contributed by atoms with Crippen LogP contribution < -0.4 is 5.32 Å². The van der Waals surface area contributed by atoms with Crippen LogP contribution in [0.1, 0.15) is 54.1 Å². The van der Waals surface area contributed by atoms with Gasteiger partial charge >= 0.3 is 0 Å². The molecule has 3 nitrogen and oxygen atoms in total. The van der Waals surface area contributed by atoms with Gasteiger partial charge in [-0.05, 0) is 51.8 Å². The van der Waals surface area contributed by atoms with Crippen molar-refractivity contribution < 1.29 is 8.91 Å². The normalized spacial score (nSPS) is 14.3. The highest BCUT2D eigenvalue weighted by Gasteiger charge is 2.18. The quantitative estimate of drug-likeness (QED) is 0.911. The van der Waals surface area contributed by atoms with Gasteiger partial charge in [-0.15, -0.1) is 0 Å². The third-order valence-electron chi connectivity index (χ3n) is 3.72. The lowest BCUT2D eigenvalue weighted by atomic mass is 10.0. The summed E-state index contributed by atoms with van der Waals surface area (Å²) in [6, 6.07) is 5.50. The molecule has 1 heterocycles. The maximum atomic E-state index is 13.6. The van der Waals surface area contributed by atoms with E-state index >= 15 is 0 Å². The minimum absolute atomic E-state index is 0.0498. The number of aromatic nitrogens is 1. The molecule has 0 fully saturated rings. The van der Waals surface area contributed by atoms with Gasteiger partial charge in [0.2, 0.25) is 0 Å². The number of benzene rings is 1. The molecule has 1 N–H and O–H groups in total. The molecule has 0 radical (unpaired) electrons. The van der Waals surface area contributed by atoms with Crippen molar-refractivity contribution in [3.05, 3.63) is 52.2 Å². The Bertz CT molecular complexity index is 587. The van der Waals surface area contributed by atoms with E-state index in [2.05, 4.69) is 17.4 Å². The maximum Gasteiger partial charge on any atom is 0.138 e. The Hall–Kier alpha value is -1.68. The van der Waals surface area contributed by atoms with Crippen LogP contribution in [0.25, 0.3) is 0 Å². The van der Waals surface area contributed by atoms with E-state index in [-0.39, 0.29) is 17.9 Å². The number of halogens is 1. The molecule has 2 aromatic rings. The first kappa shape index (κ1) is 14.7. The van der Waals surface area contributed by atoms with E-state index in [1.165, 1.54) is 0 Å². The Balaban J connectivity index is 2.15. The van der Waals surface area contributed by atoms with Crippen molar-refractivity contribution in [1.29, 1.82) is 0 Å². The van der Waals surface area contributed by atoms with Crippen LogP contribution >= 0.6 is 0 Å². The van der Waals surface area contributed by atoms with Crippen molar-refractivity contribution in [3.8, 4) is 0 Å². The molecule has 2 unspecified atom stereocenters. The molecule has 0 aliphatic rings. The summed E-state index contributed by atoms with van der Waals surface area (Å²) in [5.41, 5.74) is 3.57. The van der Waals surface area contributed by atoms with E-state index in [0.29, 0.717) is 5.56 Å². The molecule has 108 valence electrons.